The van der Waals surface area contributed by atoms with Gasteiger partial charge in [-0.2, -0.15) is 0 Å². The second kappa shape index (κ2) is 16.2. The molecule has 1 aliphatic heterocycles. The molecule has 6 unspecified atom stereocenters. The van der Waals surface area contributed by atoms with E-state index in [9.17, 15) is 14.4 Å². The Bertz CT molecular complexity index is 1460. The van der Waals surface area contributed by atoms with E-state index in [2.05, 4.69) is 21.9 Å². The van der Waals surface area contributed by atoms with Crippen molar-refractivity contribution in [1.29, 1.82) is 0 Å². The zero-order chi connectivity index (χ0) is 35.2. The minimum atomic E-state index is -0.970. The lowest BCUT2D eigenvalue weighted by Gasteiger charge is -2.33. The fraction of sp³-hybridized carbons (Fsp3) is 0.639. The third-order valence-corrected chi connectivity index (χ3v) is 9.34. The SMILES string of the molecule is C=CCCCC1CCCC1OC(=O)NC(C(=O)N1CC(Oc2nc3cc(OC)ccc3nc2Cl)C(CC)C1C(=O)OC(C)(C)C)C(C)C. The Morgan fingerprint density at radius 1 is 1.15 bits per heavy atom. The third kappa shape index (κ3) is 9.09. The molecule has 2 aromatic rings. The van der Waals surface area contributed by atoms with E-state index < -0.39 is 47.7 Å². The molecule has 2 fully saturated rings. The Labute approximate surface area is 289 Å². The van der Waals surface area contributed by atoms with E-state index in [0.29, 0.717) is 23.2 Å². The van der Waals surface area contributed by atoms with Crippen molar-refractivity contribution in [3.8, 4) is 11.6 Å². The number of methoxy groups -OCH3 is 1. The first-order valence-corrected chi connectivity index (χ1v) is 17.4. The molecule has 1 aromatic heterocycles. The molecule has 4 rings (SSSR count). The monoisotopic (exact) mass is 686 g/mol. The van der Waals surface area contributed by atoms with Crippen LogP contribution in [0.15, 0.2) is 30.9 Å². The second-order valence-corrected chi connectivity index (χ2v) is 14.4. The van der Waals surface area contributed by atoms with Crippen LogP contribution in [0.1, 0.15) is 86.5 Å². The molecule has 0 bridgehead atoms. The molecule has 2 amide bonds. The van der Waals surface area contributed by atoms with Crippen molar-refractivity contribution in [2.45, 2.75) is 116 Å². The number of rotatable bonds is 13. The number of ether oxygens (including phenoxy) is 4. The number of likely N-dealkylation sites (tertiary alicyclic amines) is 1. The molecule has 2 aliphatic rings. The molecule has 48 heavy (non-hydrogen) atoms. The van der Waals surface area contributed by atoms with Crippen LogP contribution in [0.5, 0.6) is 11.6 Å². The predicted octanol–water partition coefficient (Wildman–Crippen LogP) is 6.89. The summed E-state index contributed by atoms with van der Waals surface area (Å²) in [5.41, 5.74) is 0.288. The van der Waals surface area contributed by atoms with E-state index in [0.717, 1.165) is 38.5 Å². The highest BCUT2D eigenvalue weighted by Crippen LogP contribution is 2.36. The van der Waals surface area contributed by atoms with E-state index in [-0.39, 0.29) is 35.5 Å². The molecule has 12 heteroatoms. The average Bonchev–Trinajstić information content (AvgIpc) is 3.62. The lowest BCUT2D eigenvalue weighted by molar-refractivity contribution is -0.165. The number of nitrogens with one attached hydrogen (secondary N) is 1. The molecule has 1 aromatic carbocycles. The number of alkyl carbamates (subject to hydrolysis) is 1. The van der Waals surface area contributed by atoms with Crippen LogP contribution < -0.4 is 14.8 Å². The molecule has 1 saturated carbocycles. The number of fused-ring (bicyclic) bond motifs is 1. The molecule has 264 valence electrons. The molecular formula is C36H51ClN4O7. The highest BCUT2D eigenvalue weighted by molar-refractivity contribution is 6.31. The van der Waals surface area contributed by atoms with Gasteiger partial charge in [0.15, 0.2) is 5.15 Å². The summed E-state index contributed by atoms with van der Waals surface area (Å²) < 4.78 is 23.4. The maximum Gasteiger partial charge on any atom is 0.408 e. The van der Waals surface area contributed by atoms with Crippen molar-refractivity contribution in [3.05, 3.63) is 36.0 Å². The van der Waals surface area contributed by atoms with Crippen molar-refractivity contribution >= 4 is 40.6 Å². The topological polar surface area (TPSA) is 129 Å². The number of aromatic nitrogens is 2. The van der Waals surface area contributed by atoms with Crippen LogP contribution in [-0.4, -0.2) is 76.4 Å². The first-order chi connectivity index (χ1) is 22.8. The maximum atomic E-state index is 14.4. The summed E-state index contributed by atoms with van der Waals surface area (Å²) in [4.78, 5) is 51.9. The summed E-state index contributed by atoms with van der Waals surface area (Å²) in [5, 5.41) is 2.89. The Morgan fingerprint density at radius 2 is 1.90 bits per heavy atom. The van der Waals surface area contributed by atoms with Gasteiger partial charge in [-0.25, -0.2) is 19.6 Å². The van der Waals surface area contributed by atoms with Crippen LogP contribution in [0.25, 0.3) is 11.0 Å². The number of carbonyl (C=O) groups is 3. The quantitative estimate of drug-likeness (QED) is 0.136. The Kier molecular flexibility index (Phi) is 12.6. The molecule has 6 atom stereocenters. The average molecular weight is 687 g/mol. The number of hydrogen-bond acceptors (Lipinski definition) is 9. The number of carbonyl (C=O) groups excluding carboxylic acids is 3. The van der Waals surface area contributed by atoms with Gasteiger partial charge in [0.1, 0.15) is 35.6 Å². The van der Waals surface area contributed by atoms with Crippen LogP contribution in [-0.2, 0) is 19.1 Å². The fourth-order valence-electron chi connectivity index (χ4n) is 6.72. The second-order valence-electron chi connectivity index (χ2n) is 14.1. The molecule has 1 aliphatic carbocycles. The lowest BCUT2D eigenvalue weighted by Crippen LogP contribution is -2.55. The third-order valence-electron chi connectivity index (χ3n) is 9.10. The van der Waals surface area contributed by atoms with Crippen LogP contribution >= 0.6 is 11.6 Å². The fourth-order valence-corrected chi connectivity index (χ4v) is 6.90. The number of allylic oxidation sites excluding steroid dienone is 1. The Morgan fingerprint density at radius 3 is 2.54 bits per heavy atom. The van der Waals surface area contributed by atoms with E-state index in [1.54, 1.807) is 46.1 Å². The van der Waals surface area contributed by atoms with E-state index >= 15 is 0 Å². The summed E-state index contributed by atoms with van der Waals surface area (Å²) >= 11 is 6.53. The number of amides is 2. The van der Waals surface area contributed by atoms with Gasteiger partial charge < -0.3 is 29.2 Å². The van der Waals surface area contributed by atoms with Gasteiger partial charge >= 0.3 is 12.1 Å². The van der Waals surface area contributed by atoms with Gasteiger partial charge in [0.25, 0.3) is 5.88 Å². The zero-order valence-corrected chi connectivity index (χ0v) is 30.0. The molecule has 1 saturated heterocycles. The first kappa shape index (κ1) is 37.2. The number of nitrogens with zero attached hydrogens (tertiary/aromatic N) is 3. The van der Waals surface area contributed by atoms with Crippen LogP contribution in [0.2, 0.25) is 5.15 Å². The van der Waals surface area contributed by atoms with E-state index in [1.165, 1.54) is 4.90 Å². The van der Waals surface area contributed by atoms with Gasteiger partial charge in [-0.1, -0.05) is 38.4 Å². The standard InChI is InChI=1S/C36H51ClN4O7/c1-9-11-12-14-22-15-13-16-27(22)47-35(44)40-29(21(3)4)33(42)41-20-28(24(10-2)30(41)34(43)48-36(5,6)7)46-32-31(37)38-25-18-17-23(45-8)19-26(25)39-32/h9,17-19,21-22,24,27-30H,1,10-16,20H2,2-8H3,(H,40,44). The minimum absolute atomic E-state index is 0.0450. The van der Waals surface area contributed by atoms with Crippen molar-refractivity contribution in [1.82, 2.24) is 20.2 Å². The summed E-state index contributed by atoms with van der Waals surface area (Å²) in [7, 11) is 1.56. The highest BCUT2D eigenvalue weighted by Gasteiger charge is 2.51. The summed E-state index contributed by atoms with van der Waals surface area (Å²) in [5.74, 6) is -0.761. The van der Waals surface area contributed by atoms with Crippen molar-refractivity contribution in [2.75, 3.05) is 13.7 Å². The van der Waals surface area contributed by atoms with Crippen molar-refractivity contribution in [3.63, 3.8) is 0 Å². The first-order valence-electron chi connectivity index (χ1n) is 17.1. The van der Waals surface area contributed by atoms with Gasteiger partial charge in [-0.05, 0) is 89.7 Å². The largest absolute Gasteiger partial charge is 0.497 e. The van der Waals surface area contributed by atoms with Crippen LogP contribution in [0.4, 0.5) is 4.79 Å². The highest BCUT2D eigenvalue weighted by atomic mass is 35.5. The number of esters is 1. The molecule has 2 heterocycles. The molecule has 1 N–H and O–H groups in total. The molecule has 0 radical (unpaired) electrons. The molecular weight excluding hydrogens is 636 g/mol. The van der Waals surface area contributed by atoms with E-state index in [1.807, 2.05) is 26.8 Å². The lowest BCUT2D eigenvalue weighted by atomic mass is 9.94. The number of unbranched alkanes of at least 4 members (excludes halogenated alkanes) is 1. The Balaban J connectivity index is 1.58. The van der Waals surface area contributed by atoms with Gasteiger partial charge in [0.2, 0.25) is 5.91 Å². The van der Waals surface area contributed by atoms with Gasteiger partial charge in [0, 0.05) is 12.0 Å². The van der Waals surface area contributed by atoms with Gasteiger partial charge in [-0.15, -0.1) is 6.58 Å². The number of hydrogen-bond donors (Lipinski definition) is 1. The zero-order valence-electron chi connectivity index (χ0n) is 29.3. The summed E-state index contributed by atoms with van der Waals surface area (Å²) in [6.07, 6.45) is 6.56. The predicted molar refractivity (Wildman–Crippen MR) is 184 cm³/mol. The molecule has 0 spiro atoms. The van der Waals surface area contributed by atoms with Gasteiger partial charge in [0.05, 0.1) is 24.7 Å². The van der Waals surface area contributed by atoms with Crippen molar-refractivity contribution < 1.29 is 33.3 Å². The smallest absolute Gasteiger partial charge is 0.408 e. The van der Waals surface area contributed by atoms with Crippen LogP contribution in [0.3, 0.4) is 0 Å². The normalized spacial score (nSPS) is 23.2. The summed E-state index contributed by atoms with van der Waals surface area (Å²) in [6.45, 7) is 14.8. The minimum Gasteiger partial charge on any atom is -0.497 e. The number of halogens is 1. The number of benzene rings is 1. The Hall–Kier alpha value is -3.60. The van der Waals surface area contributed by atoms with Crippen LogP contribution in [0, 0.1) is 17.8 Å². The van der Waals surface area contributed by atoms with Gasteiger partial charge in [-0.3, -0.25) is 4.79 Å². The van der Waals surface area contributed by atoms with E-state index in [4.69, 9.17) is 30.5 Å². The van der Waals surface area contributed by atoms with Crippen molar-refractivity contribution in [2.24, 2.45) is 17.8 Å². The maximum absolute atomic E-state index is 14.4. The molecule has 11 nitrogen and oxygen atoms in total. The summed E-state index contributed by atoms with van der Waals surface area (Å²) in [6, 6.07) is 3.32.